The molecule has 1 aromatic rings. The second kappa shape index (κ2) is 12.2. The fourth-order valence-electron chi connectivity index (χ4n) is 3.09. The van der Waals surface area contributed by atoms with E-state index in [0.717, 1.165) is 0 Å². The molecule has 0 saturated carbocycles. The van der Waals surface area contributed by atoms with Crippen LogP contribution >= 0.6 is 24.0 Å². The van der Waals surface area contributed by atoms with Crippen molar-refractivity contribution in [3.05, 3.63) is 30.3 Å². The van der Waals surface area contributed by atoms with Gasteiger partial charge in [0, 0.05) is 19.1 Å². The Kier molecular flexibility index (Phi) is 10.7. The summed E-state index contributed by atoms with van der Waals surface area (Å²) in [5, 5.41) is 3.04. The van der Waals surface area contributed by atoms with Gasteiger partial charge < -0.3 is 20.7 Å². The molecule has 0 bridgehead atoms. The molecule has 0 aromatic heterocycles. The van der Waals surface area contributed by atoms with E-state index in [1.165, 1.54) is 0 Å². The summed E-state index contributed by atoms with van der Waals surface area (Å²) in [6.45, 7) is 5.19. The van der Waals surface area contributed by atoms with Gasteiger partial charge in [0.1, 0.15) is 0 Å². The van der Waals surface area contributed by atoms with Crippen molar-refractivity contribution in [2.75, 3.05) is 25.4 Å². The highest BCUT2D eigenvalue weighted by atomic mass is 127. The fourth-order valence-corrected chi connectivity index (χ4v) is 4.70. The Hall–Kier alpha value is -1.56. The lowest BCUT2D eigenvalue weighted by Crippen LogP contribution is -2.45. The SMILES string of the molecule is CCOC(=O)N1CCC(N=C(N)NC(CC)CS(=O)(=O)c2ccccc2)CC1.I. The van der Waals surface area contributed by atoms with Gasteiger partial charge in [0.15, 0.2) is 15.8 Å². The molecular weight excluding hydrogens is 507 g/mol. The van der Waals surface area contributed by atoms with Gasteiger partial charge in [-0.2, -0.15) is 0 Å². The number of ether oxygens (including phenoxy) is 1. The molecule has 0 radical (unpaired) electrons. The number of aliphatic imine (C=N–C) groups is 1. The topological polar surface area (TPSA) is 114 Å². The summed E-state index contributed by atoms with van der Waals surface area (Å²) >= 11 is 0. The lowest BCUT2D eigenvalue weighted by molar-refractivity contribution is 0.0975. The first-order valence-electron chi connectivity index (χ1n) is 9.65. The van der Waals surface area contributed by atoms with Crippen molar-refractivity contribution in [2.24, 2.45) is 10.7 Å². The van der Waals surface area contributed by atoms with E-state index in [1.807, 2.05) is 6.92 Å². The summed E-state index contributed by atoms with van der Waals surface area (Å²) in [4.78, 5) is 18.2. The van der Waals surface area contributed by atoms with E-state index >= 15 is 0 Å². The molecule has 2 rings (SSSR count). The molecule has 1 aliphatic rings. The monoisotopic (exact) mass is 538 g/mol. The number of likely N-dealkylation sites (tertiary alicyclic amines) is 1. The van der Waals surface area contributed by atoms with Crippen LogP contribution in [0.2, 0.25) is 0 Å². The van der Waals surface area contributed by atoms with E-state index in [4.69, 9.17) is 10.5 Å². The minimum Gasteiger partial charge on any atom is -0.450 e. The van der Waals surface area contributed by atoms with Gasteiger partial charge in [-0.3, -0.25) is 0 Å². The third-order valence-corrected chi connectivity index (χ3v) is 6.51. The van der Waals surface area contributed by atoms with Crippen LogP contribution in [0.5, 0.6) is 0 Å². The average Bonchev–Trinajstić information content (AvgIpc) is 2.68. The highest BCUT2D eigenvalue weighted by molar-refractivity contribution is 14.0. The van der Waals surface area contributed by atoms with Gasteiger partial charge in [0.05, 0.1) is 23.3 Å². The third kappa shape index (κ3) is 8.00. The average molecular weight is 538 g/mol. The quantitative estimate of drug-likeness (QED) is 0.313. The second-order valence-electron chi connectivity index (χ2n) is 6.78. The Morgan fingerprint density at radius 3 is 2.45 bits per heavy atom. The number of benzene rings is 1. The van der Waals surface area contributed by atoms with Crippen LogP contribution in [-0.2, 0) is 14.6 Å². The van der Waals surface area contributed by atoms with E-state index < -0.39 is 9.84 Å². The van der Waals surface area contributed by atoms with Crippen LogP contribution in [0.4, 0.5) is 4.79 Å². The minimum atomic E-state index is -3.40. The maximum atomic E-state index is 12.6. The van der Waals surface area contributed by atoms with Gasteiger partial charge >= 0.3 is 6.09 Å². The molecule has 1 aromatic carbocycles. The molecule has 8 nitrogen and oxygen atoms in total. The van der Waals surface area contributed by atoms with Gasteiger partial charge in [-0.25, -0.2) is 18.2 Å². The molecule has 0 spiro atoms. The molecule has 1 atom stereocenters. The lowest BCUT2D eigenvalue weighted by atomic mass is 10.1. The third-order valence-electron chi connectivity index (χ3n) is 4.68. The number of guanidine groups is 1. The number of hydrogen-bond donors (Lipinski definition) is 2. The summed E-state index contributed by atoms with van der Waals surface area (Å²) in [5.41, 5.74) is 6.02. The summed E-state index contributed by atoms with van der Waals surface area (Å²) in [7, 11) is -3.40. The van der Waals surface area contributed by atoms with Crippen molar-refractivity contribution in [1.29, 1.82) is 0 Å². The van der Waals surface area contributed by atoms with Gasteiger partial charge in [-0.15, -0.1) is 24.0 Å². The Morgan fingerprint density at radius 2 is 1.90 bits per heavy atom. The molecule has 1 heterocycles. The molecule has 29 heavy (non-hydrogen) atoms. The maximum Gasteiger partial charge on any atom is 0.409 e. The molecule has 164 valence electrons. The number of carbonyl (C=O) groups excluding carboxylic acids is 1. The van der Waals surface area contributed by atoms with Crippen LogP contribution in [0, 0.1) is 0 Å². The Morgan fingerprint density at radius 1 is 1.28 bits per heavy atom. The van der Waals surface area contributed by atoms with Crippen LogP contribution in [0.15, 0.2) is 40.2 Å². The first kappa shape index (κ1) is 25.5. The van der Waals surface area contributed by atoms with Crippen LogP contribution < -0.4 is 11.1 Å². The van der Waals surface area contributed by atoms with Crippen LogP contribution in [-0.4, -0.2) is 62.9 Å². The van der Waals surface area contributed by atoms with E-state index in [2.05, 4.69) is 10.3 Å². The molecule has 1 fully saturated rings. The van der Waals surface area contributed by atoms with Gasteiger partial charge in [0.2, 0.25) is 0 Å². The first-order chi connectivity index (χ1) is 13.4. The smallest absolute Gasteiger partial charge is 0.409 e. The van der Waals surface area contributed by atoms with Crippen molar-refractivity contribution in [1.82, 2.24) is 10.2 Å². The van der Waals surface area contributed by atoms with E-state index in [-0.39, 0.29) is 53.9 Å². The fraction of sp³-hybridized carbons (Fsp3) is 0.579. The Bertz CT molecular complexity index is 766. The predicted molar refractivity (Wildman–Crippen MR) is 124 cm³/mol. The number of carbonyl (C=O) groups is 1. The van der Waals surface area contributed by atoms with E-state index in [9.17, 15) is 13.2 Å². The number of sulfone groups is 1. The second-order valence-corrected chi connectivity index (χ2v) is 8.81. The Labute approximate surface area is 190 Å². The summed E-state index contributed by atoms with van der Waals surface area (Å²) in [5.74, 6) is 0.190. The van der Waals surface area contributed by atoms with Crippen molar-refractivity contribution >= 4 is 45.9 Å². The summed E-state index contributed by atoms with van der Waals surface area (Å²) in [6.07, 6.45) is 1.69. The zero-order chi connectivity index (χ0) is 20.6. The predicted octanol–water partition coefficient (Wildman–Crippen LogP) is 2.38. The zero-order valence-electron chi connectivity index (χ0n) is 16.9. The molecule has 1 aliphatic heterocycles. The van der Waals surface area contributed by atoms with Gasteiger partial charge in [0.25, 0.3) is 0 Å². The maximum absolute atomic E-state index is 12.6. The molecule has 3 N–H and O–H groups in total. The van der Waals surface area contributed by atoms with Crippen molar-refractivity contribution in [2.45, 2.75) is 50.1 Å². The molecule has 1 amide bonds. The standard InChI is InChI=1S/C19H30N4O4S.HI/c1-3-15(14-28(25,26)17-8-6-5-7-9-17)21-18(20)22-16-10-12-23(13-11-16)19(24)27-4-2;/h5-9,15-16H,3-4,10-14H2,1-2H3,(H3,20,21,22);1H. The summed E-state index contributed by atoms with van der Waals surface area (Å²) < 4.78 is 30.1. The van der Waals surface area contributed by atoms with E-state index in [0.29, 0.717) is 43.9 Å². The highest BCUT2D eigenvalue weighted by Crippen LogP contribution is 2.15. The Balaban J connectivity index is 0.00000420. The molecule has 1 unspecified atom stereocenters. The van der Waals surface area contributed by atoms with Gasteiger partial charge in [-0.1, -0.05) is 25.1 Å². The number of nitrogens with one attached hydrogen (secondary N) is 1. The number of hydrogen-bond acceptors (Lipinski definition) is 5. The number of nitrogens with two attached hydrogens (primary N) is 1. The van der Waals surface area contributed by atoms with Crippen molar-refractivity contribution in [3.8, 4) is 0 Å². The lowest BCUT2D eigenvalue weighted by Gasteiger charge is -2.29. The minimum absolute atomic E-state index is 0. The highest BCUT2D eigenvalue weighted by Gasteiger charge is 2.24. The number of amides is 1. The number of piperidine rings is 1. The van der Waals surface area contributed by atoms with Gasteiger partial charge in [-0.05, 0) is 38.3 Å². The molecule has 10 heteroatoms. The normalized spacial score (nSPS) is 16.6. The summed E-state index contributed by atoms with van der Waals surface area (Å²) in [6, 6.07) is 8.06. The van der Waals surface area contributed by atoms with Crippen molar-refractivity contribution < 1.29 is 17.9 Å². The largest absolute Gasteiger partial charge is 0.450 e. The number of halogens is 1. The van der Waals surface area contributed by atoms with Crippen LogP contribution in [0.1, 0.15) is 33.1 Å². The van der Waals surface area contributed by atoms with Crippen LogP contribution in [0.3, 0.4) is 0 Å². The molecule has 1 saturated heterocycles. The number of nitrogens with zero attached hydrogens (tertiary/aromatic N) is 2. The first-order valence-corrected chi connectivity index (χ1v) is 11.3. The van der Waals surface area contributed by atoms with E-state index in [1.54, 1.807) is 42.2 Å². The molecule has 0 aliphatic carbocycles. The number of rotatable bonds is 7. The zero-order valence-corrected chi connectivity index (χ0v) is 20.1. The van der Waals surface area contributed by atoms with Crippen molar-refractivity contribution in [3.63, 3.8) is 0 Å². The van der Waals surface area contributed by atoms with Crippen LogP contribution in [0.25, 0.3) is 0 Å². The molecular formula is C19H31IN4O4S.